The van der Waals surface area contributed by atoms with Crippen molar-refractivity contribution >= 4 is 21.9 Å². The predicted octanol–water partition coefficient (Wildman–Crippen LogP) is 2.35. The molecule has 0 heterocycles. The first-order valence-corrected chi connectivity index (χ1v) is 6.44. The number of hydrogen-bond donors (Lipinski definition) is 0. The molecule has 0 unspecified atom stereocenters. The van der Waals surface area contributed by atoms with E-state index < -0.39 is 0 Å². The summed E-state index contributed by atoms with van der Waals surface area (Å²) in [6, 6.07) is 0. The Morgan fingerprint density at radius 2 is 1.75 bits per heavy atom. The van der Waals surface area contributed by atoms with Crippen LogP contribution in [-0.4, -0.2) is 20.8 Å². The summed E-state index contributed by atoms with van der Waals surface area (Å²) < 4.78 is 0. The standard InChI is InChI=1S/C6H11PSe/c8-7-6-4-2-1-3-5-6/h6H,1-5H2. The Morgan fingerprint density at radius 3 is 2.12 bits per heavy atom. The van der Waals surface area contributed by atoms with Crippen molar-refractivity contribution < 1.29 is 0 Å². The molecule has 1 aliphatic rings. The summed E-state index contributed by atoms with van der Waals surface area (Å²) in [6.07, 6.45) is 7.35. The molecule has 2 heteroatoms. The van der Waals surface area contributed by atoms with Crippen LogP contribution >= 0.6 is 6.83 Å². The maximum atomic E-state index is 3.08. The van der Waals surface area contributed by atoms with Crippen molar-refractivity contribution in [2.24, 2.45) is 0 Å². The molecule has 0 bridgehead atoms. The molecular formula is C6H11PSe. The van der Waals surface area contributed by atoms with Gasteiger partial charge in [0.05, 0.1) is 0 Å². The Kier molecular flexibility index (Phi) is 3.27. The van der Waals surface area contributed by atoms with Crippen molar-refractivity contribution in [3.8, 4) is 0 Å². The predicted molar refractivity (Wildman–Crippen MR) is 39.5 cm³/mol. The Balaban J connectivity index is 2.22. The van der Waals surface area contributed by atoms with E-state index in [4.69, 9.17) is 0 Å². The summed E-state index contributed by atoms with van der Waals surface area (Å²) in [4.78, 5) is 0. The van der Waals surface area contributed by atoms with Gasteiger partial charge in [-0.25, -0.2) is 0 Å². The molecule has 1 saturated carbocycles. The van der Waals surface area contributed by atoms with Gasteiger partial charge in [-0.3, -0.25) is 0 Å². The van der Waals surface area contributed by atoms with E-state index in [1.54, 1.807) is 0 Å². The van der Waals surface area contributed by atoms with E-state index in [9.17, 15) is 0 Å². The van der Waals surface area contributed by atoms with Crippen LogP contribution < -0.4 is 0 Å². The molecule has 8 heavy (non-hydrogen) atoms. The average molecular weight is 193 g/mol. The summed E-state index contributed by atoms with van der Waals surface area (Å²) in [7, 11) is 0. The van der Waals surface area contributed by atoms with Gasteiger partial charge >= 0.3 is 59.7 Å². The molecule has 1 fully saturated rings. The molecule has 0 spiro atoms. The molecule has 1 aliphatic carbocycles. The molecule has 46 valence electrons. The molecule has 0 aromatic carbocycles. The molecule has 0 atom stereocenters. The summed E-state index contributed by atoms with van der Waals surface area (Å²) in [5.74, 6) is 0. The molecule has 0 aromatic heterocycles. The summed E-state index contributed by atoms with van der Waals surface area (Å²) >= 11 is 3.08. The van der Waals surface area contributed by atoms with Crippen LogP contribution in [0.15, 0.2) is 0 Å². The zero-order valence-electron chi connectivity index (χ0n) is 4.97. The van der Waals surface area contributed by atoms with Crippen LogP contribution in [0.25, 0.3) is 0 Å². The Morgan fingerprint density at radius 1 is 1.12 bits per heavy atom. The molecule has 0 nitrogen and oxygen atoms in total. The van der Waals surface area contributed by atoms with Crippen LogP contribution in [0, 0.1) is 0 Å². The summed E-state index contributed by atoms with van der Waals surface area (Å²) in [5, 5.41) is 0. The first-order valence-electron chi connectivity index (χ1n) is 3.26. The SMILES string of the molecule is [Se]=PC1CCCCC1. The second-order valence-electron chi connectivity index (χ2n) is 2.40. The van der Waals surface area contributed by atoms with Gasteiger partial charge in [0.1, 0.15) is 0 Å². The van der Waals surface area contributed by atoms with Crippen LogP contribution in [0.2, 0.25) is 0 Å². The molecule has 0 radical (unpaired) electrons. The van der Waals surface area contributed by atoms with Crippen LogP contribution in [0.1, 0.15) is 32.1 Å². The van der Waals surface area contributed by atoms with Gasteiger partial charge in [-0.15, -0.1) is 0 Å². The summed E-state index contributed by atoms with van der Waals surface area (Å²) in [5.41, 5.74) is 1.00. The van der Waals surface area contributed by atoms with Gasteiger partial charge in [-0.1, -0.05) is 0 Å². The van der Waals surface area contributed by atoms with E-state index >= 15 is 0 Å². The maximum absolute atomic E-state index is 3.08. The van der Waals surface area contributed by atoms with E-state index in [1.165, 1.54) is 38.9 Å². The van der Waals surface area contributed by atoms with Crippen molar-refractivity contribution in [2.75, 3.05) is 0 Å². The quantitative estimate of drug-likeness (QED) is 0.443. The van der Waals surface area contributed by atoms with Gasteiger partial charge in [0.25, 0.3) is 0 Å². The van der Waals surface area contributed by atoms with Crippen molar-refractivity contribution in [1.82, 2.24) is 0 Å². The second kappa shape index (κ2) is 3.77. The van der Waals surface area contributed by atoms with Crippen molar-refractivity contribution in [3.63, 3.8) is 0 Å². The van der Waals surface area contributed by atoms with E-state index in [0.717, 1.165) is 5.66 Å². The van der Waals surface area contributed by atoms with Crippen LogP contribution in [0.5, 0.6) is 0 Å². The van der Waals surface area contributed by atoms with E-state index in [2.05, 4.69) is 15.1 Å². The molecule has 1 rings (SSSR count). The third-order valence-corrected chi connectivity index (χ3v) is 4.41. The third kappa shape index (κ3) is 1.97. The first kappa shape index (κ1) is 6.93. The number of hydrogen-bond acceptors (Lipinski definition) is 0. The molecular weight excluding hydrogens is 182 g/mol. The minimum absolute atomic E-state index is 1.00. The molecule has 0 saturated heterocycles. The molecule has 0 amide bonds. The molecule has 0 aliphatic heterocycles. The Bertz CT molecular complexity index is 76.6. The molecule has 0 aromatic rings. The van der Waals surface area contributed by atoms with Crippen LogP contribution in [0.3, 0.4) is 0 Å². The van der Waals surface area contributed by atoms with Gasteiger partial charge < -0.3 is 0 Å². The summed E-state index contributed by atoms with van der Waals surface area (Å²) in [6.45, 7) is 1.50. The fraction of sp³-hybridized carbons (Fsp3) is 1.00. The van der Waals surface area contributed by atoms with Gasteiger partial charge in [0, 0.05) is 0 Å². The Hall–Kier alpha value is 0.819. The van der Waals surface area contributed by atoms with Gasteiger partial charge in [-0.05, 0) is 0 Å². The van der Waals surface area contributed by atoms with Crippen LogP contribution in [0.4, 0.5) is 0 Å². The van der Waals surface area contributed by atoms with Crippen molar-refractivity contribution in [1.29, 1.82) is 0 Å². The fourth-order valence-corrected chi connectivity index (χ4v) is 3.09. The third-order valence-electron chi connectivity index (χ3n) is 1.72. The van der Waals surface area contributed by atoms with E-state index in [0.29, 0.717) is 0 Å². The second-order valence-corrected chi connectivity index (χ2v) is 4.67. The normalized spacial score (nSPS) is 24.0. The van der Waals surface area contributed by atoms with E-state index in [1.807, 2.05) is 0 Å². The zero-order valence-corrected chi connectivity index (χ0v) is 7.58. The van der Waals surface area contributed by atoms with Gasteiger partial charge in [0.15, 0.2) is 0 Å². The Labute approximate surface area is 60.1 Å². The monoisotopic (exact) mass is 194 g/mol. The fourth-order valence-electron chi connectivity index (χ4n) is 1.19. The zero-order chi connectivity index (χ0) is 5.82. The van der Waals surface area contributed by atoms with Crippen molar-refractivity contribution in [2.45, 2.75) is 37.8 Å². The van der Waals surface area contributed by atoms with Gasteiger partial charge in [0.2, 0.25) is 0 Å². The van der Waals surface area contributed by atoms with Crippen LogP contribution in [-0.2, 0) is 0 Å². The van der Waals surface area contributed by atoms with Crippen molar-refractivity contribution in [3.05, 3.63) is 0 Å². The molecule has 0 N–H and O–H groups in total. The topological polar surface area (TPSA) is 0 Å². The number of rotatable bonds is 1. The van der Waals surface area contributed by atoms with Gasteiger partial charge in [-0.2, -0.15) is 0 Å². The van der Waals surface area contributed by atoms with E-state index in [-0.39, 0.29) is 0 Å². The first-order chi connectivity index (χ1) is 3.93. The average Bonchev–Trinajstić information content (AvgIpc) is 1.90. The minimum atomic E-state index is 1.00.